The molecule has 2 N–H and O–H groups in total. The summed E-state index contributed by atoms with van der Waals surface area (Å²) >= 11 is 0. The number of hydrogen-bond donors (Lipinski definition) is 2. The molecule has 17 heavy (non-hydrogen) atoms. The van der Waals surface area contributed by atoms with E-state index in [1.54, 1.807) is 0 Å². The minimum Gasteiger partial charge on any atom is -0.503 e. The second-order valence-corrected chi connectivity index (χ2v) is 5.23. The van der Waals surface area contributed by atoms with Crippen LogP contribution in [0, 0.1) is 0 Å². The van der Waals surface area contributed by atoms with E-state index in [1.807, 2.05) is 27.7 Å². The van der Waals surface area contributed by atoms with Gasteiger partial charge in [0, 0.05) is 17.9 Å². The maximum atomic E-state index is 11.3. The Morgan fingerprint density at radius 1 is 1.24 bits per heavy atom. The molecule has 6 heteroatoms. The molecule has 1 saturated heterocycles. The fourth-order valence-electron chi connectivity index (χ4n) is 1.59. The van der Waals surface area contributed by atoms with Crippen LogP contribution in [-0.2, 0) is 9.31 Å². The molecule has 0 saturated carbocycles. The molecule has 0 amide bonds. The summed E-state index contributed by atoms with van der Waals surface area (Å²) in [5, 5.41) is 9.17. The molecular formula is C11H16BNO4. The van der Waals surface area contributed by atoms with Gasteiger partial charge in [0.2, 0.25) is 5.43 Å². The van der Waals surface area contributed by atoms with Gasteiger partial charge in [-0.15, -0.1) is 0 Å². The van der Waals surface area contributed by atoms with Crippen molar-refractivity contribution in [1.82, 2.24) is 4.98 Å². The van der Waals surface area contributed by atoms with Crippen molar-refractivity contribution in [2.75, 3.05) is 0 Å². The third-order valence-electron chi connectivity index (χ3n) is 3.42. The molecule has 0 aromatic carbocycles. The van der Waals surface area contributed by atoms with Crippen LogP contribution >= 0.6 is 0 Å². The quantitative estimate of drug-likeness (QED) is 0.692. The van der Waals surface area contributed by atoms with Crippen LogP contribution in [0.2, 0.25) is 0 Å². The molecule has 0 unspecified atom stereocenters. The molecule has 5 nitrogen and oxygen atoms in total. The molecule has 1 aromatic heterocycles. The molecule has 0 bridgehead atoms. The molecule has 1 aromatic rings. The van der Waals surface area contributed by atoms with Gasteiger partial charge in [0.05, 0.1) is 11.2 Å². The largest absolute Gasteiger partial charge is 0.512 e. The van der Waals surface area contributed by atoms with Gasteiger partial charge < -0.3 is 19.4 Å². The lowest BCUT2D eigenvalue weighted by Crippen LogP contribution is -2.41. The Kier molecular flexibility index (Phi) is 2.59. The van der Waals surface area contributed by atoms with Gasteiger partial charge in [-0.05, 0) is 27.7 Å². The first kappa shape index (κ1) is 12.2. The van der Waals surface area contributed by atoms with E-state index in [0.717, 1.165) is 0 Å². The van der Waals surface area contributed by atoms with E-state index >= 15 is 0 Å². The van der Waals surface area contributed by atoms with E-state index in [0.29, 0.717) is 5.59 Å². The van der Waals surface area contributed by atoms with Crippen LogP contribution < -0.4 is 11.0 Å². The molecule has 1 fully saturated rings. The van der Waals surface area contributed by atoms with Gasteiger partial charge in [0.15, 0.2) is 5.75 Å². The van der Waals surface area contributed by atoms with Gasteiger partial charge in [-0.1, -0.05) is 0 Å². The number of H-pyrrole nitrogens is 1. The van der Waals surface area contributed by atoms with Crippen LogP contribution in [0.4, 0.5) is 0 Å². The normalized spacial score (nSPS) is 21.8. The number of aromatic amines is 1. The lowest BCUT2D eigenvalue weighted by molar-refractivity contribution is 0.00578. The van der Waals surface area contributed by atoms with Gasteiger partial charge in [-0.3, -0.25) is 4.79 Å². The molecule has 0 spiro atoms. The lowest BCUT2D eigenvalue weighted by atomic mass is 9.84. The molecular weight excluding hydrogens is 221 g/mol. The molecule has 2 rings (SSSR count). The standard InChI is InChI=1S/C11H16BNO4/c1-10(2)11(3,4)17-12(16-10)9-5-7(14)8(15)6-13-9/h5-6,15H,1-4H3,(H,13,14). The maximum absolute atomic E-state index is 11.3. The SMILES string of the molecule is CC1(C)OB(c2cc(=O)c(O)c[nH]2)OC1(C)C. The topological polar surface area (TPSA) is 71.5 Å². The molecule has 0 radical (unpaired) electrons. The molecule has 1 aliphatic rings. The van der Waals surface area contributed by atoms with Crippen molar-refractivity contribution < 1.29 is 14.4 Å². The summed E-state index contributed by atoms with van der Waals surface area (Å²) in [7, 11) is -0.617. The van der Waals surface area contributed by atoms with E-state index < -0.39 is 23.7 Å². The zero-order valence-corrected chi connectivity index (χ0v) is 10.4. The smallest absolute Gasteiger partial charge is 0.503 e. The summed E-state index contributed by atoms with van der Waals surface area (Å²) in [5.41, 5.74) is -0.848. The highest BCUT2D eigenvalue weighted by atomic mass is 16.7. The molecule has 92 valence electrons. The zero-order valence-electron chi connectivity index (χ0n) is 10.4. The van der Waals surface area contributed by atoms with Gasteiger partial charge in [0.25, 0.3) is 0 Å². The van der Waals surface area contributed by atoms with Crippen molar-refractivity contribution in [3.63, 3.8) is 0 Å². The summed E-state index contributed by atoms with van der Waals surface area (Å²) in [5.74, 6) is -0.315. The lowest BCUT2D eigenvalue weighted by Gasteiger charge is -2.32. The van der Waals surface area contributed by atoms with Crippen molar-refractivity contribution in [2.24, 2.45) is 0 Å². The fraction of sp³-hybridized carbons (Fsp3) is 0.545. The van der Waals surface area contributed by atoms with Crippen LogP contribution in [0.15, 0.2) is 17.1 Å². The maximum Gasteiger partial charge on any atom is 0.512 e. The number of rotatable bonds is 1. The fourth-order valence-corrected chi connectivity index (χ4v) is 1.59. The number of hydrogen-bond acceptors (Lipinski definition) is 4. The Bertz CT molecular complexity index is 478. The van der Waals surface area contributed by atoms with Crippen molar-refractivity contribution in [1.29, 1.82) is 0 Å². The third kappa shape index (κ3) is 1.98. The molecule has 1 aliphatic heterocycles. The zero-order chi connectivity index (χ0) is 12.8. The van der Waals surface area contributed by atoms with E-state index in [-0.39, 0.29) is 5.75 Å². The van der Waals surface area contributed by atoms with Crippen LogP contribution in [0.5, 0.6) is 5.75 Å². The van der Waals surface area contributed by atoms with Crippen molar-refractivity contribution >= 4 is 12.7 Å². The highest BCUT2D eigenvalue weighted by Crippen LogP contribution is 2.36. The number of nitrogens with one attached hydrogen (secondary N) is 1. The van der Waals surface area contributed by atoms with Gasteiger partial charge in [-0.25, -0.2) is 0 Å². The van der Waals surface area contributed by atoms with Crippen molar-refractivity contribution in [3.8, 4) is 5.75 Å². The van der Waals surface area contributed by atoms with Gasteiger partial charge >= 0.3 is 7.12 Å². The predicted molar refractivity (Wildman–Crippen MR) is 64.4 cm³/mol. The third-order valence-corrected chi connectivity index (χ3v) is 3.42. The predicted octanol–water partition coefficient (Wildman–Crippen LogP) is 0.380. The Balaban J connectivity index is 2.32. The summed E-state index contributed by atoms with van der Waals surface area (Å²) in [6, 6.07) is 1.29. The first-order valence-electron chi connectivity index (χ1n) is 5.50. The second kappa shape index (κ2) is 3.61. The summed E-state index contributed by atoms with van der Waals surface area (Å²) < 4.78 is 11.5. The van der Waals surface area contributed by atoms with E-state index in [9.17, 15) is 4.79 Å². The molecule has 0 aliphatic carbocycles. The summed E-state index contributed by atoms with van der Waals surface area (Å²) in [4.78, 5) is 14.1. The van der Waals surface area contributed by atoms with Crippen LogP contribution in [0.3, 0.4) is 0 Å². The van der Waals surface area contributed by atoms with E-state index in [4.69, 9.17) is 14.4 Å². The van der Waals surface area contributed by atoms with Crippen LogP contribution in [-0.4, -0.2) is 28.4 Å². The first-order chi connectivity index (χ1) is 7.73. The summed E-state index contributed by atoms with van der Waals surface area (Å²) in [6.45, 7) is 7.74. The Morgan fingerprint density at radius 3 is 2.24 bits per heavy atom. The monoisotopic (exact) mass is 237 g/mol. The number of aromatic nitrogens is 1. The summed E-state index contributed by atoms with van der Waals surface area (Å²) in [6.07, 6.45) is 1.24. The highest BCUT2D eigenvalue weighted by molar-refractivity contribution is 6.61. The van der Waals surface area contributed by atoms with Crippen LogP contribution in [0.1, 0.15) is 27.7 Å². The number of pyridine rings is 1. The Morgan fingerprint density at radius 2 is 1.76 bits per heavy atom. The minimum absolute atomic E-state index is 0.315. The van der Waals surface area contributed by atoms with E-state index in [1.165, 1.54) is 12.3 Å². The Labute approximate surface area is 99.9 Å². The Hall–Kier alpha value is -1.27. The highest BCUT2D eigenvalue weighted by Gasteiger charge is 2.52. The van der Waals surface area contributed by atoms with E-state index in [2.05, 4.69) is 4.98 Å². The average Bonchev–Trinajstić information content (AvgIpc) is 2.41. The number of aromatic hydroxyl groups is 1. The van der Waals surface area contributed by atoms with Gasteiger partial charge in [-0.2, -0.15) is 0 Å². The second-order valence-electron chi connectivity index (χ2n) is 5.23. The first-order valence-corrected chi connectivity index (χ1v) is 5.50. The van der Waals surface area contributed by atoms with Crippen LogP contribution in [0.25, 0.3) is 0 Å². The van der Waals surface area contributed by atoms with Gasteiger partial charge in [0.1, 0.15) is 0 Å². The van der Waals surface area contributed by atoms with Crippen molar-refractivity contribution in [2.45, 2.75) is 38.9 Å². The molecule has 0 atom stereocenters. The van der Waals surface area contributed by atoms with Crippen molar-refractivity contribution in [3.05, 3.63) is 22.5 Å². The minimum atomic E-state index is -0.617. The molecule has 2 heterocycles. The average molecular weight is 237 g/mol.